The Morgan fingerprint density at radius 1 is 1.39 bits per heavy atom. The number of aliphatic carboxylic acids is 1. The van der Waals surface area contributed by atoms with E-state index in [0.717, 1.165) is 11.8 Å². The minimum absolute atomic E-state index is 0.0277. The van der Waals surface area contributed by atoms with Crippen LogP contribution in [0.3, 0.4) is 0 Å². The molecule has 0 saturated carbocycles. The predicted molar refractivity (Wildman–Crippen MR) is 67.9 cm³/mol. The summed E-state index contributed by atoms with van der Waals surface area (Å²) in [6.45, 7) is 0. The van der Waals surface area contributed by atoms with E-state index < -0.39 is 17.9 Å². The van der Waals surface area contributed by atoms with Gasteiger partial charge in [0.2, 0.25) is 0 Å². The van der Waals surface area contributed by atoms with Crippen LogP contribution in [0.4, 0.5) is 8.78 Å². The Bertz CT molecular complexity index is 387. The van der Waals surface area contributed by atoms with Crippen LogP contribution in [0.1, 0.15) is 12.0 Å². The van der Waals surface area contributed by atoms with Gasteiger partial charge in [-0.25, -0.2) is 8.78 Å². The van der Waals surface area contributed by atoms with E-state index in [1.165, 1.54) is 12.1 Å². The maximum Gasteiger partial charge on any atom is 0.320 e. The van der Waals surface area contributed by atoms with Crippen LogP contribution < -0.4 is 5.73 Å². The van der Waals surface area contributed by atoms with Gasteiger partial charge < -0.3 is 10.8 Å². The first-order valence-corrected chi connectivity index (χ1v) is 6.58. The molecule has 0 saturated heterocycles. The van der Waals surface area contributed by atoms with Crippen LogP contribution in [0.25, 0.3) is 0 Å². The maximum atomic E-state index is 13.7. The minimum Gasteiger partial charge on any atom is -0.480 e. The summed E-state index contributed by atoms with van der Waals surface area (Å²) >= 11 is 1.01. The van der Waals surface area contributed by atoms with E-state index in [4.69, 9.17) is 10.8 Å². The zero-order valence-electron chi connectivity index (χ0n) is 9.68. The number of hydrogen-bond donors (Lipinski definition) is 2. The van der Waals surface area contributed by atoms with Crippen molar-refractivity contribution in [3.63, 3.8) is 0 Å². The fourth-order valence-corrected chi connectivity index (χ4v) is 2.29. The average Bonchev–Trinajstić information content (AvgIpc) is 2.35. The van der Waals surface area contributed by atoms with Gasteiger partial charge in [-0.05, 0) is 12.2 Å². The molecule has 0 aliphatic carbocycles. The van der Waals surface area contributed by atoms with Gasteiger partial charge in [-0.1, -0.05) is 30.3 Å². The molecule has 1 rings (SSSR count). The summed E-state index contributed by atoms with van der Waals surface area (Å²) in [7, 11) is 0. The number of carbonyl (C=O) groups is 1. The molecular weight excluding hydrogens is 260 g/mol. The van der Waals surface area contributed by atoms with Gasteiger partial charge in [-0.3, -0.25) is 4.79 Å². The highest BCUT2D eigenvalue weighted by Crippen LogP contribution is 2.31. The van der Waals surface area contributed by atoms with Crippen molar-refractivity contribution >= 4 is 17.7 Å². The number of nitrogens with two attached hydrogens (primary N) is 1. The first kappa shape index (κ1) is 14.9. The van der Waals surface area contributed by atoms with Gasteiger partial charge in [0.1, 0.15) is 6.04 Å². The van der Waals surface area contributed by atoms with Gasteiger partial charge in [-0.15, -0.1) is 0 Å². The smallest absolute Gasteiger partial charge is 0.320 e. The molecule has 3 N–H and O–H groups in total. The highest BCUT2D eigenvalue weighted by molar-refractivity contribution is 7.99. The molecule has 1 aromatic carbocycles. The average molecular weight is 275 g/mol. The second kappa shape index (κ2) is 6.70. The third-order valence-corrected chi connectivity index (χ3v) is 3.46. The number of thioether (sulfide) groups is 1. The van der Waals surface area contributed by atoms with Crippen molar-refractivity contribution in [2.24, 2.45) is 5.73 Å². The number of carboxylic acids is 1. The van der Waals surface area contributed by atoms with Gasteiger partial charge in [0.05, 0.1) is 5.75 Å². The van der Waals surface area contributed by atoms with E-state index in [9.17, 15) is 13.6 Å². The van der Waals surface area contributed by atoms with Crippen LogP contribution in [0.5, 0.6) is 0 Å². The van der Waals surface area contributed by atoms with Crippen LogP contribution >= 0.6 is 11.8 Å². The Morgan fingerprint density at radius 3 is 2.56 bits per heavy atom. The number of carboxylic acid groups (broad SMARTS) is 1. The molecule has 3 nitrogen and oxygen atoms in total. The fourth-order valence-electron chi connectivity index (χ4n) is 1.30. The van der Waals surface area contributed by atoms with Crippen molar-refractivity contribution < 1.29 is 18.7 Å². The lowest BCUT2D eigenvalue weighted by molar-refractivity contribution is -0.138. The summed E-state index contributed by atoms with van der Waals surface area (Å²) < 4.78 is 27.3. The molecule has 0 spiro atoms. The molecule has 0 radical (unpaired) electrons. The summed E-state index contributed by atoms with van der Waals surface area (Å²) in [5.41, 5.74) is 5.25. The van der Waals surface area contributed by atoms with Crippen molar-refractivity contribution in [3.05, 3.63) is 35.9 Å². The van der Waals surface area contributed by atoms with Gasteiger partial charge in [0.25, 0.3) is 5.92 Å². The van der Waals surface area contributed by atoms with Gasteiger partial charge in [0.15, 0.2) is 0 Å². The molecule has 6 heteroatoms. The summed E-state index contributed by atoms with van der Waals surface area (Å²) in [5.74, 6) is -4.08. The first-order valence-electron chi connectivity index (χ1n) is 5.43. The van der Waals surface area contributed by atoms with Gasteiger partial charge in [0, 0.05) is 5.56 Å². The van der Waals surface area contributed by atoms with Crippen LogP contribution in [-0.2, 0) is 10.7 Å². The quantitative estimate of drug-likeness (QED) is 0.750. The largest absolute Gasteiger partial charge is 0.480 e. The lowest BCUT2D eigenvalue weighted by atomic mass is 10.1. The molecule has 1 aromatic rings. The van der Waals surface area contributed by atoms with Crippen LogP contribution in [-0.4, -0.2) is 28.6 Å². The number of alkyl halides is 2. The van der Waals surface area contributed by atoms with Crippen LogP contribution in [0.15, 0.2) is 30.3 Å². The second-order valence-corrected chi connectivity index (χ2v) is 4.96. The summed E-state index contributed by atoms with van der Waals surface area (Å²) in [4.78, 5) is 10.4. The minimum atomic E-state index is -2.90. The zero-order valence-corrected chi connectivity index (χ0v) is 10.5. The molecule has 0 fully saturated rings. The Morgan fingerprint density at radius 2 is 2.00 bits per heavy atom. The van der Waals surface area contributed by atoms with Crippen molar-refractivity contribution in [3.8, 4) is 0 Å². The normalized spacial score (nSPS) is 13.3. The van der Waals surface area contributed by atoms with Gasteiger partial charge in [-0.2, -0.15) is 11.8 Å². The summed E-state index contributed by atoms with van der Waals surface area (Å²) in [6, 6.07) is 6.58. The Labute approximate surface area is 108 Å². The van der Waals surface area contributed by atoms with Gasteiger partial charge >= 0.3 is 5.97 Å². The van der Waals surface area contributed by atoms with E-state index in [2.05, 4.69) is 0 Å². The van der Waals surface area contributed by atoms with Crippen molar-refractivity contribution in [1.82, 2.24) is 0 Å². The van der Waals surface area contributed by atoms with Crippen LogP contribution in [0, 0.1) is 0 Å². The van der Waals surface area contributed by atoms with Crippen LogP contribution in [0.2, 0.25) is 0 Å². The molecular formula is C12H15F2NO2S. The lowest BCUT2D eigenvalue weighted by Crippen LogP contribution is -2.30. The SMILES string of the molecule is NC(CCSCC(F)(F)c1ccccc1)C(=O)O. The summed E-state index contributed by atoms with van der Waals surface area (Å²) in [5, 5.41) is 8.54. The Kier molecular flexibility index (Phi) is 5.55. The highest BCUT2D eigenvalue weighted by atomic mass is 32.2. The second-order valence-electron chi connectivity index (χ2n) is 3.86. The molecule has 1 unspecified atom stereocenters. The van der Waals surface area contributed by atoms with Crippen molar-refractivity contribution in [1.29, 1.82) is 0 Å². The molecule has 0 amide bonds. The standard InChI is InChI=1S/C12H15F2NO2S/c13-12(14,9-4-2-1-3-5-9)8-18-7-6-10(15)11(16)17/h1-5,10H,6-8,15H2,(H,16,17). The molecule has 0 heterocycles. The number of hydrogen-bond acceptors (Lipinski definition) is 3. The molecule has 100 valence electrons. The number of halogens is 2. The molecule has 1 atom stereocenters. The fraction of sp³-hybridized carbons (Fsp3) is 0.417. The maximum absolute atomic E-state index is 13.7. The lowest BCUT2D eigenvalue weighted by Gasteiger charge is -2.16. The summed E-state index contributed by atoms with van der Waals surface area (Å²) in [6.07, 6.45) is 0.185. The number of rotatable bonds is 7. The number of benzene rings is 1. The zero-order chi connectivity index (χ0) is 13.6. The third-order valence-electron chi connectivity index (χ3n) is 2.37. The van der Waals surface area contributed by atoms with E-state index in [1.54, 1.807) is 18.2 Å². The first-order chi connectivity index (χ1) is 8.43. The van der Waals surface area contributed by atoms with E-state index in [-0.39, 0.29) is 17.7 Å². The molecule has 18 heavy (non-hydrogen) atoms. The third kappa shape index (κ3) is 4.62. The molecule has 0 aromatic heterocycles. The Hall–Kier alpha value is -1.14. The highest BCUT2D eigenvalue weighted by Gasteiger charge is 2.30. The van der Waals surface area contributed by atoms with Crippen molar-refractivity contribution in [2.45, 2.75) is 18.4 Å². The monoisotopic (exact) mass is 275 g/mol. The molecule has 0 bridgehead atoms. The van der Waals surface area contributed by atoms with E-state index in [0.29, 0.717) is 5.75 Å². The van der Waals surface area contributed by atoms with Crippen molar-refractivity contribution in [2.75, 3.05) is 11.5 Å². The Balaban J connectivity index is 2.37. The topological polar surface area (TPSA) is 63.3 Å². The molecule has 0 aliphatic rings. The van der Waals surface area contributed by atoms with E-state index in [1.807, 2.05) is 0 Å². The molecule has 0 aliphatic heterocycles. The van der Waals surface area contributed by atoms with E-state index >= 15 is 0 Å². The predicted octanol–water partition coefficient (Wildman–Crippen LogP) is 2.31.